The summed E-state index contributed by atoms with van der Waals surface area (Å²) in [6.07, 6.45) is 5.42. The van der Waals surface area contributed by atoms with E-state index in [-0.39, 0.29) is 0 Å². The Labute approximate surface area is 134 Å². The van der Waals surface area contributed by atoms with Crippen LogP contribution in [0.5, 0.6) is 0 Å². The molecule has 1 unspecified atom stereocenters. The molecule has 0 bridgehead atoms. The standard InChI is InChI=1S/C17H20ClN3O/c1-4-20-9-5-6-14(17(20)18)13-7-8-16-19(3)11-15(12(2)22)21(16)10-13/h5-12,22H,4H2,1-3H3/q+2. The van der Waals surface area contributed by atoms with Gasteiger partial charge in [-0.1, -0.05) is 0 Å². The number of hydrogen-bond donors (Lipinski definition) is 1. The first kappa shape index (κ1) is 15.0. The second-order valence-electron chi connectivity index (χ2n) is 5.49. The van der Waals surface area contributed by atoms with Crippen molar-refractivity contribution in [1.29, 1.82) is 0 Å². The summed E-state index contributed by atoms with van der Waals surface area (Å²) in [5.41, 5.74) is 3.89. The van der Waals surface area contributed by atoms with Crippen molar-refractivity contribution in [2.75, 3.05) is 0 Å². The molecule has 0 aromatic carbocycles. The van der Waals surface area contributed by atoms with Crippen molar-refractivity contribution < 1.29 is 14.2 Å². The number of nitrogens with zero attached hydrogens (tertiary/aromatic N) is 3. The van der Waals surface area contributed by atoms with Crippen molar-refractivity contribution in [3.63, 3.8) is 0 Å². The highest BCUT2D eigenvalue weighted by Crippen LogP contribution is 2.26. The molecule has 0 aliphatic rings. The van der Waals surface area contributed by atoms with Crippen molar-refractivity contribution in [3.05, 3.63) is 53.7 Å². The molecule has 0 spiro atoms. The highest BCUT2D eigenvalue weighted by molar-refractivity contribution is 6.31. The molecule has 3 aromatic heterocycles. The van der Waals surface area contributed by atoms with Gasteiger partial charge in [0.25, 0.3) is 10.8 Å². The average Bonchev–Trinajstić information content (AvgIpc) is 2.84. The number of hydrogen-bond acceptors (Lipinski definition) is 1. The van der Waals surface area contributed by atoms with Gasteiger partial charge in [0, 0.05) is 17.7 Å². The fourth-order valence-electron chi connectivity index (χ4n) is 2.77. The Morgan fingerprint density at radius 2 is 2.09 bits per heavy atom. The fraction of sp³-hybridized carbons (Fsp3) is 0.294. The number of aliphatic hydroxyl groups is 1. The normalized spacial score (nSPS) is 12.8. The molecule has 0 aliphatic heterocycles. The molecule has 0 saturated heterocycles. The van der Waals surface area contributed by atoms with Crippen LogP contribution in [0, 0.1) is 0 Å². The molecule has 0 aliphatic carbocycles. The molecule has 22 heavy (non-hydrogen) atoms. The van der Waals surface area contributed by atoms with Crippen LogP contribution >= 0.6 is 11.6 Å². The summed E-state index contributed by atoms with van der Waals surface area (Å²) in [7, 11) is 1.97. The van der Waals surface area contributed by atoms with Crippen molar-refractivity contribution in [1.82, 2.24) is 4.40 Å². The van der Waals surface area contributed by atoms with E-state index in [4.69, 9.17) is 11.6 Å². The van der Waals surface area contributed by atoms with E-state index in [1.165, 1.54) is 0 Å². The van der Waals surface area contributed by atoms with Crippen LogP contribution in [0.15, 0.2) is 42.9 Å². The Kier molecular flexibility index (Phi) is 3.89. The van der Waals surface area contributed by atoms with Gasteiger partial charge in [0.2, 0.25) is 0 Å². The molecule has 3 rings (SSSR count). The third-order valence-corrected chi connectivity index (χ3v) is 4.40. The Bertz CT molecular complexity index is 839. The van der Waals surface area contributed by atoms with Crippen LogP contribution in [-0.2, 0) is 13.6 Å². The molecule has 5 heteroatoms. The smallest absolute Gasteiger partial charge is 0.286 e. The predicted molar refractivity (Wildman–Crippen MR) is 85.5 cm³/mol. The van der Waals surface area contributed by atoms with Crippen LogP contribution in [0.2, 0.25) is 5.15 Å². The zero-order valence-corrected chi connectivity index (χ0v) is 13.7. The lowest BCUT2D eigenvalue weighted by molar-refractivity contribution is -0.690. The third kappa shape index (κ3) is 2.38. The van der Waals surface area contributed by atoms with E-state index in [9.17, 15) is 5.11 Å². The lowest BCUT2D eigenvalue weighted by atomic mass is 10.1. The lowest BCUT2D eigenvalue weighted by Crippen LogP contribution is -2.33. The van der Waals surface area contributed by atoms with E-state index in [0.29, 0.717) is 0 Å². The van der Waals surface area contributed by atoms with E-state index < -0.39 is 6.10 Å². The number of imidazole rings is 1. The zero-order chi connectivity index (χ0) is 15.9. The van der Waals surface area contributed by atoms with E-state index in [0.717, 1.165) is 34.2 Å². The quantitative estimate of drug-likeness (QED) is 0.584. The first-order valence-corrected chi connectivity index (χ1v) is 7.77. The van der Waals surface area contributed by atoms with E-state index >= 15 is 0 Å². The molecule has 3 aromatic rings. The van der Waals surface area contributed by atoms with Gasteiger partial charge in [-0.05, 0) is 37.6 Å². The van der Waals surface area contributed by atoms with Crippen molar-refractivity contribution >= 4 is 17.2 Å². The summed E-state index contributed by atoms with van der Waals surface area (Å²) in [5, 5.41) is 10.7. The molecular formula is C17H20ClN3O+2. The molecule has 114 valence electrons. The van der Waals surface area contributed by atoms with Gasteiger partial charge in [0.05, 0.1) is 12.6 Å². The van der Waals surface area contributed by atoms with Gasteiger partial charge in [-0.25, -0.2) is 4.57 Å². The highest BCUT2D eigenvalue weighted by Gasteiger charge is 2.21. The maximum Gasteiger partial charge on any atom is 0.286 e. The van der Waals surface area contributed by atoms with Crippen LogP contribution in [0.4, 0.5) is 0 Å². The van der Waals surface area contributed by atoms with Crippen LogP contribution in [0.3, 0.4) is 0 Å². The predicted octanol–water partition coefficient (Wildman–Crippen LogP) is 2.44. The Balaban J connectivity index is 2.23. The minimum atomic E-state index is -0.532. The maximum atomic E-state index is 9.97. The maximum absolute atomic E-state index is 9.97. The van der Waals surface area contributed by atoms with Crippen LogP contribution in [-0.4, -0.2) is 9.51 Å². The molecule has 0 radical (unpaired) electrons. The second kappa shape index (κ2) is 5.71. The fourth-order valence-corrected chi connectivity index (χ4v) is 3.12. The van der Waals surface area contributed by atoms with E-state index in [1.54, 1.807) is 6.92 Å². The van der Waals surface area contributed by atoms with Gasteiger partial charge in [0.15, 0.2) is 11.9 Å². The number of fused-ring (bicyclic) bond motifs is 1. The third-order valence-electron chi connectivity index (χ3n) is 3.98. The van der Waals surface area contributed by atoms with E-state index in [1.807, 2.05) is 57.4 Å². The minimum absolute atomic E-state index is 0.532. The minimum Gasteiger partial charge on any atom is -0.385 e. The van der Waals surface area contributed by atoms with Gasteiger partial charge in [-0.15, -0.1) is 0 Å². The molecule has 0 fully saturated rings. The number of aliphatic hydroxyl groups excluding tert-OH is 1. The number of halogens is 1. The summed E-state index contributed by atoms with van der Waals surface area (Å²) in [5.74, 6) is 0. The SMILES string of the molecule is CC[n+]1cccc(-c2ccc3n(c2)c(C(C)O)c[n+]3C)c1Cl. The van der Waals surface area contributed by atoms with Gasteiger partial charge >= 0.3 is 0 Å². The lowest BCUT2D eigenvalue weighted by Gasteiger charge is -2.04. The molecule has 3 heterocycles. The average molecular weight is 318 g/mol. The first-order valence-electron chi connectivity index (χ1n) is 7.40. The number of pyridine rings is 2. The summed E-state index contributed by atoms with van der Waals surface area (Å²) in [6, 6.07) is 8.12. The largest absolute Gasteiger partial charge is 0.385 e. The van der Waals surface area contributed by atoms with Crippen LogP contribution < -0.4 is 9.13 Å². The number of aromatic nitrogens is 3. The molecule has 4 nitrogen and oxygen atoms in total. The molecule has 0 saturated carbocycles. The number of rotatable bonds is 3. The summed E-state index contributed by atoms with van der Waals surface area (Å²) < 4.78 is 6.02. The van der Waals surface area contributed by atoms with Gasteiger partial charge in [-0.2, -0.15) is 8.97 Å². The van der Waals surface area contributed by atoms with E-state index in [2.05, 4.69) is 13.0 Å². The Morgan fingerprint density at radius 3 is 2.77 bits per heavy atom. The van der Waals surface area contributed by atoms with Crippen molar-refractivity contribution in [2.24, 2.45) is 7.05 Å². The number of aryl methyl sites for hydroxylation is 2. The monoisotopic (exact) mass is 317 g/mol. The Hall–Kier alpha value is -1.91. The van der Waals surface area contributed by atoms with Crippen molar-refractivity contribution in [3.8, 4) is 11.1 Å². The molecular weight excluding hydrogens is 298 g/mol. The topological polar surface area (TPSA) is 32.4 Å². The summed E-state index contributed by atoms with van der Waals surface area (Å²) in [4.78, 5) is 0. The van der Waals surface area contributed by atoms with Gasteiger partial charge in [0.1, 0.15) is 25.0 Å². The van der Waals surface area contributed by atoms with Crippen LogP contribution in [0.25, 0.3) is 16.8 Å². The molecule has 1 N–H and O–H groups in total. The highest BCUT2D eigenvalue weighted by atomic mass is 35.5. The van der Waals surface area contributed by atoms with Gasteiger partial charge < -0.3 is 5.11 Å². The zero-order valence-electron chi connectivity index (χ0n) is 13.0. The first-order chi connectivity index (χ1) is 10.5. The Morgan fingerprint density at radius 1 is 1.32 bits per heavy atom. The molecule has 1 atom stereocenters. The second-order valence-corrected chi connectivity index (χ2v) is 5.84. The van der Waals surface area contributed by atoms with Gasteiger partial charge in [-0.3, -0.25) is 0 Å². The van der Waals surface area contributed by atoms with Crippen LogP contribution in [0.1, 0.15) is 25.6 Å². The van der Waals surface area contributed by atoms with Crippen molar-refractivity contribution in [2.45, 2.75) is 26.5 Å². The molecule has 0 amide bonds. The summed E-state index contributed by atoms with van der Waals surface area (Å²) in [6.45, 7) is 4.66. The summed E-state index contributed by atoms with van der Waals surface area (Å²) >= 11 is 6.50.